The van der Waals surface area contributed by atoms with Crippen LogP contribution in [-0.4, -0.2) is 37.6 Å². The molecule has 1 aliphatic rings. The molecule has 0 aliphatic heterocycles. The number of hydrogen-bond acceptors (Lipinski definition) is 2. The van der Waals surface area contributed by atoms with Gasteiger partial charge in [-0.3, -0.25) is 0 Å². The second-order valence-electron chi connectivity index (χ2n) is 7.96. The second kappa shape index (κ2) is 9.04. The fourth-order valence-corrected chi connectivity index (χ4v) is 3.70. The lowest BCUT2D eigenvalue weighted by Crippen LogP contribution is -2.44. The van der Waals surface area contributed by atoms with E-state index in [9.17, 15) is 0 Å². The van der Waals surface area contributed by atoms with Gasteiger partial charge in [0.15, 0.2) is 0 Å². The molecule has 1 N–H and O–H groups in total. The Labute approximate surface area is 127 Å². The first-order valence-corrected chi connectivity index (χ1v) is 8.79. The van der Waals surface area contributed by atoms with Crippen molar-refractivity contribution >= 4 is 0 Å². The molecule has 20 heavy (non-hydrogen) atoms. The van der Waals surface area contributed by atoms with Crippen LogP contribution < -0.4 is 5.32 Å². The molecule has 1 fully saturated rings. The molecule has 0 aromatic heterocycles. The normalized spacial score (nSPS) is 26.2. The fourth-order valence-electron chi connectivity index (χ4n) is 3.70. The Bertz CT molecular complexity index is 238. The molecule has 0 amide bonds. The molecule has 1 aliphatic carbocycles. The first kappa shape index (κ1) is 18.0. The van der Waals surface area contributed by atoms with Gasteiger partial charge in [0.2, 0.25) is 0 Å². The Balaban J connectivity index is 2.46. The van der Waals surface area contributed by atoms with Gasteiger partial charge in [-0.15, -0.1) is 0 Å². The summed E-state index contributed by atoms with van der Waals surface area (Å²) in [6.07, 6.45) is 8.33. The molecule has 3 atom stereocenters. The maximum absolute atomic E-state index is 3.98. The Morgan fingerprint density at radius 1 is 1.00 bits per heavy atom. The molecule has 1 saturated carbocycles. The number of nitrogens with zero attached hydrogens (tertiary/aromatic N) is 1. The minimum Gasteiger partial charge on any atom is -0.310 e. The summed E-state index contributed by atoms with van der Waals surface area (Å²) in [5.41, 5.74) is 0. The number of likely N-dealkylation sites (N-methyl/N-ethyl adjacent to an activating group) is 1. The molecule has 0 radical (unpaired) electrons. The van der Waals surface area contributed by atoms with Crippen molar-refractivity contribution in [3.8, 4) is 0 Å². The van der Waals surface area contributed by atoms with Crippen LogP contribution in [0, 0.1) is 17.8 Å². The summed E-state index contributed by atoms with van der Waals surface area (Å²) in [6.45, 7) is 10.6. The van der Waals surface area contributed by atoms with E-state index in [0.29, 0.717) is 6.04 Å². The van der Waals surface area contributed by atoms with Gasteiger partial charge in [-0.25, -0.2) is 0 Å². The van der Waals surface area contributed by atoms with Crippen LogP contribution in [0.5, 0.6) is 0 Å². The van der Waals surface area contributed by atoms with Crippen molar-refractivity contribution in [3.05, 3.63) is 0 Å². The van der Waals surface area contributed by atoms with Crippen LogP contribution in [0.4, 0.5) is 0 Å². The lowest BCUT2D eigenvalue weighted by molar-refractivity contribution is 0.273. The average Bonchev–Trinajstić information content (AvgIpc) is 2.52. The summed E-state index contributed by atoms with van der Waals surface area (Å²) >= 11 is 0. The molecule has 0 aromatic carbocycles. The monoisotopic (exact) mass is 282 g/mol. The Hall–Kier alpha value is -0.0800. The van der Waals surface area contributed by atoms with Gasteiger partial charge in [-0.05, 0) is 57.5 Å². The van der Waals surface area contributed by atoms with Gasteiger partial charge in [0.05, 0.1) is 0 Å². The van der Waals surface area contributed by atoms with Crippen LogP contribution >= 0.6 is 0 Å². The van der Waals surface area contributed by atoms with Crippen LogP contribution in [0.3, 0.4) is 0 Å². The highest BCUT2D eigenvalue weighted by molar-refractivity contribution is 4.81. The summed E-state index contributed by atoms with van der Waals surface area (Å²) in [5, 5.41) is 3.98. The van der Waals surface area contributed by atoms with Gasteiger partial charge in [0.1, 0.15) is 0 Å². The molecular weight excluding hydrogens is 244 g/mol. The van der Waals surface area contributed by atoms with E-state index in [1.54, 1.807) is 0 Å². The predicted octanol–water partition coefficient (Wildman–Crippen LogP) is 4.16. The Morgan fingerprint density at radius 3 is 2.25 bits per heavy atom. The zero-order valence-electron chi connectivity index (χ0n) is 14.8. The standard InChI is InChI=1S/C18H38N2/c1-14(2)12-18(13-20(5)6)19-17-9-7-8-16(10-11-17)15(3)4/h14-19H,7-13H2,1-6H3. The van der Waals surface area contributed by atoms with Crippen molar-refractivity contribution in [2.75, 3.05) is 20.6 Å². The quantitative estimate of drug-likeness (QED) is 0.705. The minimum absolute atomic E-state index is 0.658. The van der Waals surface area contributed by atoms with Gasteiger partial charge < -0.3 is 10.2 Å². The number of nitrogens with one attached hydrogen (secondary N) is 1. The molecule has 2 heteroatoms. The molecule has 0 saturated heterocycles. The van der Waals surface area contributed by atoms with E-state index in [1.807, 2.05) is 0 Å². The summed E-state index contributed by atoms with van der Waals surface area (Å²) in [6, 6.07) is 1.41. The highest BCUT2D eigenvalue weighted by atomic mass is 15.1. The molecule has 0 aromatic rings. The van der Waals surface area contributed by atoms with Gasteiger partial charge in [0, 0.05) is 18.6 Å². The third-order valence-corrected chi connectivity index (χ3v) is 4.77. The van der Waals surface area contributed by atoms with E-state index < -0.39 is 0 Å². The number of rotatable bonds is 7. The minimum atomic E-state index is 0.658. The van der Waals surface area contributed by atoms with E-state index in [1.165, 1.54) is 45.1 Å². The summed E-state index contributed by atoms with van der Waals surface area (Å²) < 4.78 is 0. The zero-order valence-corrected chi connectivity index (χ0v) is 14.8. The third kappa shape index (κ3) is 7.08. The van der Waals surface area contributed by atoms with E-state index in [2.05, 4.69) is 52.0 Å². The fraction of sp³-hybridized carbons (Fsp3) is 1.00. The summed E-state index contributed by atoms with van der Waals surface area (Å²) in [7, 11) is 4.38. The lowest BCUT2D eigenvalue weighted by atomic mass is 9.89. The molecule has 3 unspecified atom stereocenters. The maximum Gasteiger partial charge on any atom is 0.0199 e. The SMILES string of the molecule is CC(C)CC(CN(C)C)NC1CCCC(C(C)C)CC1. The molecule has 0 spiro atoms. The van der Waals surface area contributed by atoms with Crippen LogP contribution in [-0.2, 0) is 0 Å². The van der Waals surface area contributed by atoms with E-state index in [0.717, 1.165) is 23.8 Å². The molecule has 1 rings (SSSR count). The van der Waals surface area contributed by atoms with Gasteiger partial charge in [-0.1, -0.05) is 40.5 Å². The van der Waals surface area contributed by atoms with Crippen LogP contribution in [0.15, 0.2) is 0 Å². The summed E-state index contributed by atoms with van der Waals surface area (Å²) in [5.74, 6) is 2.60. The average molecular weight is 283 g/mol. The topological polar surface area (TPSA) is 15.3 Å². The zero-order chi connectivity index (χ0) is 15.1. The third-order valence-electron chi connectivity index (χ3n) is 4.77. The first-order valence-electron chi connectivity index (χ1n) is 8.79. The lowest BCUT2D eigenvalue weighted by Gasteiger charge is -2.29. The first-order chi connectivity index (χ1) is 9.38. The second-order valence-corrected chi connectivity index (χ2v) is 7.96. The van der Waals surface area contributed by atoms with Crippen LogP contribution in [0.1, 0.15) is 66.2 Å². The van der Waals surface area contributed by atoms with Gasteiger partial charge in [-0.2, -0.15) is 0 Å². The molecule has 0 bridgehead atoms. The van der Waals surface area contributed by atoms with Crippen molar-refractivity contribution < 1.29 is 0 Å². The van der Waals surface area contributed by atoms with Crippen LogP contribution in [0.25, 0.3) is 0 Å². The molecule has 2 nitrogen and oxygen atoms in total. The molecule has 0 heterocycles. The molecule has 120 valence electrons. The maximum atomic E-state index is 3.98. The van der Waals surface area contributed by atoms with Crippen molar-refractivity contribution in [1.29, 1.82) is 0 Å². The van der Waals surface area contributed by atoms with Crippen molar-refractivity contribution in [1.82, 2.24) is 10.2 Å². The van der Waals surface area contributed by atoms with E-state index in [-0.39, 0.29) is 0 Å². The largest absolute Gasteiger partial charge is 0.310 e. The van der Waals surface area contributed by atoms with Crippen LogP contribution in [0.2, 0.25) is 0 Å². The van der Waals surface area contributed by atoms with Gasteiger partial charge >= 0.3 is 0 Å². The highest BCUT2D eigenvalue weighted by Crippen LogP contribution is 2.29. The van der Waals surface area contributed by atoms with Gasteiger partial charge in [0.25, 0.3) is 0 Å². The van der Waals surface area contributed by atoms with E-state index >= 15 is 0 Å². The Kier molecular flexibility index (Phi) is 8.13. The predicted molar refractivity (Wildman–Crippen MR) is 90.1 cm³/mol. The van der Waals surface area contributed by atoms with Crippen molar-refractivity contribution in [3.63, 3.8) is 0 Å². The molecular formula is C18H38N2. The summed E-state index contributed by atoms with van der Waals surface area (Å²) in [4.78, 5) is 2.33. The highest BCUT2D eigenvalue weighted by Gasteiger charge is 2.23. The van der Waals surface area contributed by atoms with E-state index in [4.69, 9.17) is 0 Å². The smallest absolute Gasteiger partial charge is 0.0199 e. The van der Waals surface area contributed by atoms with Crippen molar-refractivity contribution in [2.45, 2.75) is 78.3 Å². The Morgan fingerprint density at radius 2 is 1.70 bits per heavy atom. The number of hydrogen-bond donors (Lipinski definition) is 1. The van der Waals surface area contributed by atoms with Crippen molar-refractivity contribution in [2.24, 2.45) is 17.8 Å².